The molecule has 0 bridgehead atoms. The Hall–Kier alpha value is -3.49. The number of halogens is 1. The van der Waals surface area contributed by atoms with Crippen LogP contribution in [0.15, 0.2) is 5.29 Å². The van der Waals surface area contributed by atoms with Gasteiger partial charge in [-0.2, -0.15) is 5.01 Å². The number of hydrogen-bond donors (Lipinski definition) is 4. The third-order valence-electron chi connectivity index (χ3n) is 7.29. The van der Waals surface area contributed by atoms with Gasteiger partial charge >= 0.3 is 6.03 Å². The molecule has 0 radical (unpaired) electrons. The molecule has 2 rings (SSSR count). The van der Waals surface area contributed by atoms with Gasteiger partial charge in [-0.3, -0.25) is 24.0 Å². The Balaban J connectivity index is 2.19. The predicted molar refractivity (Wildman–Crippen MR) is 149 cm³/mol. The van der Waals surface area contributed by atoms with Crippen LogP contribution >= 0.6 is 11.6 Å². The molecular weight excluding hydrogens is 560 g/mol. The first-order valence-electron chi connectivity index (χ1n) is 13.9. The molecule has 0 spiro atoms. The number of nitroso groups, excluding NO2 is 1. The molecule has 2 heterocycles. The first-order valence-corrected chi connectivity index (χ1v) is 14.5. The number of rotatable bonds is 16. The SMILES string of the molecule is CC(C)[C@H](NC(=O)[C@@H]1CCCN1C(=O)[C@H](CCCCNC=O)NC(=O)[C@@H]1CCCN1C(=O)N(CCCl)N=O)C(N)=O. The summed E-state index contributed by atoms with van der Waals surface area (Å²) >= 11 is 5.66. The van der Waals surface area contributed by atoms with E-state index in [9.17, 15) is 33.7 Å². The molecule has 0 unspecified atom stereocenters. The first-order chi connectivity index (χ1) is 19.6. The Bertz CT molecular complexity index is 968. The number of urea groups is 1. The van der Waals surface area contributed by atoms with Crippen molar-refractivity contribution in [3.8, 4) is 0 Å². The fraction of sp³-hybridized carbons (Fsp3) is 0.760. The van der Waals surface area contributed by atoms with Crippen molar-refractivity contribution in [3.63, 3.8) is 0 Å². The van der Waals surface area contributed by atoms with Crippen LogP contribution in [0.25, 0.3) is 0 Å². The maximum absolute atomic E-state index is 13.7. The van der Waals surface area contributed by atoms with E-state index in [1.54, 1.807) is 13.8 Å². The summed E-state index contributed by atoms with van der Waals surface area (Å²) in [5.74, 6) is -2.47. The zero-order valence-corrected chi connectivity index (χ0v) is 24.3. The Morgan fingerprint density at radius 3 is 2.20 bits per heavy atom. The minimum atomic E-state index is -1.01. The van der Waals surface area contributed by atoms with Crippen molar-refractivity contribution in [2.24, 2.45) is 16.9 Å². The summed E-state index contributed by atoms with van der Waals surface area (Å²) in [6, 6.07) is -4.41. The van der Waals surface area contributed by atoms with Crippen molar-refractivity contribution in [1.29, 1.82) is 0 Å². The van der Waals surface area contributed by atoms with E-state index in [1.165, 1.54) is 9.80 Å². The Morgan fingerprint density at radius 1 is 1.02 bits per heavy atom. The average molecular weight is 601 g/mol. The number of primary amides is 1. The van der Waals surface area contributed by atoms with Crippen LogP contribution in [-0.4, -0.2) is 107 Å². The van der Waals surface area contributed by atoms with Gasteiger partial charge in [0, 0.05) is 25.5 Å². The minimum Gasteiger partial charge on any atom is -0.368 e. The molecule has 15 nitrogen and oxygen atoms in total. The normalized spacial score (nSPS) is 19.8. The van der Waals surface area contributed by atoms with E-state index in [-0.39, 0.29) is 37.9 Å². The van der Waals surface area contributed by atoms with Crippen molar-refractivity contribution in [2.45, 2.75) is 83.0 Å². The maximum Gasteiger partial charge on any atom is 0.343 e. The number of unbranched alkanes of at least 4 members (excludes halogenated alkanes) is 1. The number of hydrogen-bond acceptors (Lipinski definition) is 8. The lowest BCUT2D eigenvalue weighted by Gasteiger charge is -2.32. The van der Waals surface area contributed by atoms with E-state index in [0.29, 0.717) is 56.5 Å². The molecule has 230 valence electrons. The third-order valence-corrected chi connectivity index (χ3v) is 7.46. The number of nitrogens with one attached hydrogen (secondary N) is 3. The number of nitrogens with zero attached hydrogens (tertiary/aromatic N) is 4. The smallest absolute Gasteiger partial charge is 0.343 e. The highest BCUT2D eigenvalue weighted by Crippen LogP contribution is 2.23. The lowest BCUT2D eigenvalue weighted by Crippen LogP contribution is -2.58. The Labute approximate surface area is 244 Å². The number of amides is 7. The van der Waals surface area contributed by atoms with Gasteiger partial charge < -0.3 is 31.5 Å². The van der Waals surface area contributed by atoms with Crippen molar-refractivity contribution in [2.75, 3.05) is 32.1 Å². The van der Waals surface area contributed by atoms with E-state index in [0.717, 1.165) is 0 Å². The number of nitrogens with two attached hydrogens (primary N) is 1. The molecule has 0 aliphatic carbocycles. The molecule has 0 aromatic heterocycles. The molecule has 2 aliphatic heterocycles. The lowest BCUT2D eigenvalue weighted by molar-refractivity contribution is -0.142. The number of carbonyl (C=O) groups is 6. The molecular formula is C25H41ClN8O7. The predicted octanol–water partition coefficient (Wildman–Crippen LogP) is -0.189. The van der Waals surface area contributed by atoms with Gasteiger partial charge in [0.15, 0.2) is 0 Å². The Morgan fingerprint density at radius 2 is 1.63 bits per heavy atom. The van der Waals surface area contributed by atoms with Crippen LogP contribution in [0.4, 0.5) is 4.79 Å². The number of alkyl halides is 1. The summed E-state index contributed by atoms with van der Waals surface area (Å²) in [5.41, 5.74) is 5.44. The molecule has 4 atom stereocenters. The lowest BCUT2D eigenvalue weighted by atomic mass is 10.0. The summed E-state index contributed by atoms with van der Waals surface area (Å²) in [4.78, 5) is 89.2. The van der Waals surface area contributed by atoms with Gasteiger partial charge in [-0.25, -0.2) is 4.79 Å². The topological polar surface area (TPSA) is 204 Å². The summed E-state index contributed by atoms with van der Waals surface area (Å²) in [7, 11) is 0. The van der Waals surface area contributed by atoms with Crippen molar-refractivity contribution in [1.82, 2.24) is 30.8 Å². The fourth-order valence-corrected chi connectivity index (χ4v) is 5.31. The maximum atomic E-state index is 13.7. The number of carbonyl (C=O) groups excluding carboxylic acids is 6. The molecule has 2 aliphatic rings. The Kier molecular flexibility index (Phi) is 13.7. The standard InChI is InChI=1S/C25H41ClN8O7/c1-16(2)20(21(27)36)30-23(38)18-8-5-12-32(18)24(39)17(7-3-4-11-28-15-35)29-22(37)19-9-6-13-33(19)25(40)34(31-41)14-10-26/h15-20H,3-14H2,1-2H3,(H2,27,36)(H,28,35)(H,29,37)(H,30,38)/t17-,18-,19-,20-/m0/s1. The van der Waals surface area contributed by atoms with Crippen molar-refractivity contribution >= 4 is 47.7 Å². The minimum absolute atomic E-state index is 0.0142. The highest BCUT2D eigenvalue weighted by atomic mass is 35.5. The van der Waals surface area contributed by atoms with E-state index in [2.05, 4.69) is 21.2 Å². The summed E-state index contributed by atoms with van der Waals surface area (Å²) in [6.45, 7) is 4.27. The highest BCUT2D eigenvalue weighted by molar-refractivity contribution is 6.18. The zero-order valence-electron chi connectivity index (χ0n) is 23.6. The molecule has 5 N–H and O–H groups in total. The zero-order chi connectivity index (χ0) is 30.5. The van der Waals surface area contributed by atoms with E-state index < -0.39 is 53.8 Å². The second-order valence-electron chi connectivity index (χ2n) is 10.5. The monoisotopic (exact) mass is 600 g/mol. The van der Waals surface area contributed by atoms with Gasteiger partial charge in [0.1, 0.15) is 24.2 Å². The van der Waals surface area contributed by atoms with Crippen LogP contribution < -0.4 is 21.7 Å². The average Bonchev–Trinajstić information content (AvgIpc) is 3.63. The van der Waals surface area contributed by atoms with Crippen molar-refractivity contribution < 1.29 is 28.8 Å². The van der Waals surface area contributed by atoms with Crippen LogP contribution in [0.5, 0.6) is 0 Å². The van der Waals surface area contributed by atoms with E-state index >= 15 is 0 Å². The van der Waals surface area contributed by atoms with Crippen LogP contribution in [0.1, 0.15) is 58.8 Å². The van der Waals surface area contributed by atoms with Crippen LogP contribution in [0, 0.1) is 10.8 Å². The largest absolute Gasteiger partial charge is 0.368 e. The quantitative estimate of drug-likeness (QED) is 0.0617. The third kappa shape index (κ3) is 9.26. The summed E-state index contributed by atoms with van der Waals surface area (Å²) in [5, 5.41) is 11.3. The van der Waals surface area contributed by atoms with Gasteiger partial charge in [0.2, 0.25) is 30.0 Å². The van der Waals surface area contributed by atoms with Gasteiger partial charge in [-0.15, -0.1) is 16.5 Å². The molecule has 0 saturated carbocycles. The van der Waals surface area contributed by atoms with Gasteiger partial charge in [0.05, 0.1) is 11.8 Å². The summed E-state index contributed by atoms with van der Waals surface area (Å²) in [6.07, 6.45) is 3.59. The highest BCUT2D eigenvalue weighted by Gasteiger charge is 2.41. The molecule has 2 saturated heterocycles. The van der Waals surface area contributed by atoms with E-state index in [1.807, 2.05) is 0 Å². The molecule has 2 fully saturated rings. The second-order valence-corrected chi connectivity index (χ2v) is 10.9. The molecule has 0 aromatic carbocycles. The van der Waals surface area contributed by atoms with Crippen LogP contribution in [0.3, 0.4) is 0 Å². The molecule has 16 heteroatoms. The second kappa shape index (κ2) is 16.7. The van der Waals surface area contributed by atoms with Gasteiger partial charge in [-0.05, 0) is 50.9 Å². The van der Waals surface area contributed by atoms with Gasteiger partial charge in [0.25, 0.3) is 0 Å². The number of likely N-dealkylation sites (tertiary alicyclic amines) is 2. The van der Waals surface area contributed by atoms with E-state index in [4.69, 9.17) is 17.3 Å². The first kappa shape index (κ1) is 33.7. The van der Waals surface area contributed by atoms with Crippen molar-refractivity contribution in [3.05, 3.63) is 4.91 Å². The summed E-state index contributed by atoms with van der Waals surface area (Å²) < 4.78 is 0. The van der Waals surface area contributed by atoms with Crippen LogP contribution in [-0.2, 0) is 24.0 Å². The van der Waals surface area contributed by atoms with Crippen LogP contribution in [0.2, 0.25) is 0 Å². The molecule has 41 heavy (non-hydrogen) atoms. The van der Waals surface area contributed by atoms with Gasteiger partial charge in [-0.1, -0.05) is 13.8 Å². The fourth-order valence-electron chi connectivity index (χ4n) is 5.15. The molecule has 7 amide bonds. The molecule has 0 aromatic rings.